The largest absolute Gasteiger partial charge is 0.471 e. The second-order valence-corrected chi connectivity index (χ2v) is 3.86. The molecule has 1 saturated carbocycles. The topological polar surface area (TPSA) is 29.1 Å². The summed E-state index contributed by atoms with van der Waals surface area (Å²) in [7, 11) is 0. The fraction of sp³-hybridized carbons (Fsp3) is 0.667. The molecule has 2 rings (SSSR count). The van der Waals surface area contributed by atoms with Gasteiger partial charge in [-0.15, -0.1) is 0 Å². The minimum Gasteiger partial charge on any atom is -0.345 e. The molecule has 1 fully saturated rings. The summed E-state index contributed by atoms with van der Waals surface area (Å²) in [5, 5.41) is 2.04. The molecular weight excluding hydrogens is 195 g/mol. The van der Waals surface area contributed by atoms with Crippen molar-refractivity contribution in [2.45, 2.75) is 25.1 Å². The molecule has 0 aromatic heterocycles. The van der Waals surface area contributed by atoms with Crippen molar-refractivity contribution in [2.24, 2.45) is 11.8 Å². The Kier molecular flexibility index (Phi) is 2.05. The van der Waals surface area contributed by atoms with E-state index in [0.717, 1.165) is 6.42 Å². The third-order valence-corrected chi connectivity index (χ3v) is 2.85. The van der Waals surface area contributed by atoms with Crippen LogP contribution in [0.2, 0.25) is 0 Å². The summed E-state index contributed by atoms with van der Waals surface area (Å²) in [5.41, 5.74) is 0. The van der Waals surface area contributed by atoms with Gasteiger partial charge in [-0.3, -0.25) is 4.79 Å². The van der Waals surface area contributed by atoms with Crippen LogP contribution in [-0.2, 0) is 4.79 Å². The first kappa shape index (κ1) is 9.55. The third-order valence-electron chi connectivity index (χ3n) is 2.85. The Bertz CT molecular complexity index is 284. The number of fused-ring (bicyclic) bond motifs is 2. The third kappa shape index (κ3) is 1.63. The van der Waals surface area contributed by atoms with Crippen LogP contribution in [0.25, 0.3) is 0 Å². The van der Waals surface area contributed by atoms with Crippen LogP contribution in [0.15, 0.2) is 12.2 Å². The summed E-state index contributed by atoms with van der Waals surface area (Å²) in [6.45, 7) is 0. The average molecular weight is 205 g/mol. The van der Waals surface area contributed by atoms with Crippen LogP contribution in [0.3, 0.4) is 0 Å². The molecule has 1 amide bonds. The van der Waals surface area contributed by atoms with Crippen LogP contribution in [0.4, 0.5) is 13.2 Å². The molecule has 0 heterocycles. The number of nitrogens with one attached hydrogen (secondary N) is 1. The molecule has 2 nitrogen and oxygen atoms in total. The summed E-state index contributed by atoms with van der Waals surface area (Å²) in [6, 6.07) is -0.320. The van der Waals surface area contributed by atoms with Gasteiger partial charge >= 0.3 is 12.1 Å². The van der Waals surface area contributed by atoms with E-state index >= 15 is 0 Å². The first-order valence-corrected chi connectivity index (χ1v) is 4.53. The van der Waals surface area contributed by atoms with E-state index in [1.54, 1.807) is 0 Å². The summed E-state index contributed by atoms with van der Waals surface area (Å²) < 4.78 is 35.7. The Hall–Kier alpha value is -1.00. The molecule has 0 radical (unpaired) electrons. The van der Waals surface area contributed by atoms with Gasteiger partial charge < -0.3 is 5.32 Å². The van der Waals surface area contributed by atoms with Gasteiger partial charge in [0.15, 0.2) is 0 Å². The molecule has 3 unspecified atom stereocenters. The predicted molar refractivity (Wildman–Crippen MR) is 43.3 cm³/mol. The highest BCUT2D eigenvalue weighted by Gasteiger charge is 2.43. The van der Waals surface area contributed by atoms with Gasteiger partial charge in [0.1, 0.15) is 0 Å². The standard InChI is InChI=1S/C9H10F3NO/c10-9(11,12)8(14)13-7-4-5-1-2-6(7)3-5/h1-2,5-7H,3-4H2,(H,13,14). The summed E-state index contributed by atoms with van der Waals surface area (Å²) in [4.78, 5) is 10.6. The maximum Gasteiger partial charge on any atom is 0.471 e. The molecule has 0 aliphatic heterocycles. The minimum atomic E-state index is -4.76. The van der Waals surface area contributed by atoms with E-state index in [-0.39, 0.29) is 12.0 Å². The number of rotatable bonds is 1. The predicted octanol–water partition coefficient (Wildman–Crippen LogP) is 1.63. The fourth-order valence-electron chi connectivity index (χ4n) is 2.20. The van der Waals surface area contributed by atoms with Crippen molar-refractivity contribution in [3.63, 3.8) is 0 Å². The molecule has 0 saturated heterocycles. The molecule has 0 aromatic rings. The highest BCUT2D eigenvalue weighted by atomic mass is 19.4. The van der Waals surface area contributed by atoms with Gasteiger partial charge in [-0.2, -0.15) is 13.2 Å². The molecule has 78 valence electrons. The van der Waals surface area contributed by atoms with Crippen molar-refractivity contribution in [3.8, 4) is 0 Å². The van der Waals surface area contributed by atoms with Gasteiger partial charge in [0.2, 0.25) is 0 Å². The molecule has 14 heavy (non-hydrogen) atoms. The maximum atomic E-state index is 11.9. The van der Waals surface area contributed by atoms with Gasteiger partial charge in [-0.05, 0) is 24.7 Å². The van der Waals surface area contributed by atoms with Crippen LogP contribution in [0.5, 0.6) is 0 Å². The van der Waals surface area contributed by atoms with Crippen molar-refractivity contribution in [2.75, 3.05) is 0 Å². The van der Waals surface area contributed by atoms with Crippen molar-refractivity contribution in [3.05, 3.63) is 12.2 Å². The van der Waals surface area contributed by atoms with E-state index in [2.05, 4.69) is 0 Å². The van der Waals surface area contributed by atoms with Crippen LogP contribution < -0.4 is 5.32 Å². The lowest BCUT2D eigenvalue weighted by atomic mass is 10.0. The Morgan fingerprint density at radius 3 is 2.43 bits per heavy atom. The molecule has 1 N–H and O–H groups in total. The Morgan fingerprint density at radius 1 is 1.29 bits per heavy atom. The van der Waals surface area contributed by atoms with Crippen molar-refractivity contribution in [1.82, 2.24) is 5.32 Å². The highest BCUT2D eigenvalue weighted by Crippen LogP contribution is 2.39. The Morgan fingerprint density at radius 2 is 2.00 bits per heavy atom. The van der Waals surface area contributed by atoms with Gasteiger partial charge in [-0.25, -0.2) is 0 Å². The van der Waals surface area contributed by atoms with E-state index in [9.17, 15) is 18.0 Å². The van der Waals surface area contributed by atoms with Crippen molar-refractivity contribution >= 4 is 5.91 Å². The van der Waals surface area contributed by atoms with Gasteiger partial charge in [0.05, 0.1) is 0 Å². The number of amides is 1. The lowest BCUT2D eigenvalue weighted by molar-refractivity contribution is -0.174. The van der Waals surface area contributed by atoms with E-state index < -0.39 is 12.1 Å². The summed E-state index contributed by atoms with van der Waals surface area (Å²) in [6.07, 6.45) is 0.674. The summed E-state index contributed by atoms with van der Waals surface area (Å²) >= 11 is 0. The second kappa shape index (κ2) is 3.00. The smallest absolute Gasteiger partial charge is 0.345 e. The molecule has 2 aliphatic carbocycles. The van der Waals surface area contributed by atoms with Crippen molar-refractivity contribution < 1.29 is 18.0 Å². The molecular formula is C9H10F3NO. The van der Waals surface area contributed by atoms with Crippen LogP contribution in [0, 0.1) is 11.8 Å². The number of halogens is 3. The number of allylic oxidation sites excluding steroid dienone is 1. The number of hydrogen-bond donors (Lipinski definition) is 1. The molecule has 2 bridgehead atoms. The SMILES string of the molecule is O=C(NC1CC2C=CC1C2)C(F)(F)F. The van der Waals surface area contributed by atoms with Crippen molar-refractivity contribution in [1.29, 1.82) is 0 Å². The minimum absolute atomic E-state index is 0.103. The van der Waals surface area contributed by atoms with E-state index in [0.29, 0.717) is 12.3 Å². The second-order valence-electron chi connectivity index (χ2n) is 3.86. The summed E-state index contributed by atoms with van der Waals surface area (Å²) in [5.74, 6) is -1.35. The Labute approximate surface area is 79.2 Å². The molecule has 0 spiro atoms. The van der Waals surface area contributed by atoms with Gasteiger partial charge in [0.25, 0.3) is 0 Å². The number of carbonyl (C=O) groups excluding carboxylic acids is 1. The lowest BCUT2D eigenvalue weighted by Crippen LogP contribution is -2.44. The number of alkyl halides is 3. The van der Waals surface area contributed by atoms with Crippen LogP contribution in [0.1, 0.15) is 12.8 Å². The van der Waals surface area contributed by atoms with Crippen LogP contribution >= 0.6 is 0 Å². The first-order chi connectivity index (χ1) is 6.47. The fourth-order valence-corrected chi connectivity index (χ4v) is 2.20. The number of carbonyl (C=O) groups is 1. The average Bonchev–Trinajstić information content (AvgIpc) is 2.62. The van der Waals surface area contributed by atoms with E-state index in [4.69, 9.17) is 0 Å². The number of hydrogen-bond acceptors (Lipinski definition) is 1. The zero-order valence-corrected chi connectivity index (χ0v) is 7.34. The molecule has 3 atom stereocenters. The molecule has 2 aliphatic rings. The zero-order chi connectivity index (χ0) is 10.3. The van der Waals surface area contributed by atoms with Gasteiger partial charge in [-0.1, -0.05) is 12.2 Å². The quantitative estimate of drug-likeness (QED) is 0.647. The zero-order valence-electron chi connectivity index (χ0n) is 7.34. The molecule has 5 heteroatoms. The maximum absolute atomic E-state index is 11.9. The first-order valence-electron chi connectivity index (χ1n) is 4.53. The van der Waals surface area contributed by atoms with Crippen LogP contribution in [-0.4, -0.2) is 18.1 Å². The highest BCUT2D eigenvalue weighted by molar-refractivity contribution is 5.82. The van der Waals surface area contributed by atoms with E-state index in [1.165, 1.54) is 0 Å². The monoisotopic (exact) mass is 205 g/mol. The van der Waals surface area contributed by atoms with Gasteiger partial charge in [0, 0.05) is 6.04 Å². The Balaban J connectivity index is 1.94. The van der Waals surface area contributed by atoms with E-state index in [1.807, 2.05) is 17.5 Å². The lowest BCUT2D eigenvalue weighted by Gasteiger charge is -2.20. The normalized spacial score (nSPS) is 34.9. The molecule has 0 aromatic carbocycles.